The van der Waals surface area contributed by atoms with Gasteiger partial charge in [0.25, 0.3) is 5.91 Å². The van der Waals surface area contributed by atoms with E-state index in [1.807, 2.05) is 0 Å². The Morgan fingerprint density at radius 3 is 2.42 bits per heavy atom. The van der Waals surface area contributed by atoms with Gasteiger partial charge in [-0.2, -0.15) is 0 Å². The van der Waals surface area contributed by atoms with Crippen molar-refractivity contribution in [1.82, 2.24) is 5.32 Å². The number of nitrogens with one attached hydrogen (secondary N) is 3. The summed E-state index contributed by atoms with van der Waals surface area (Å²) in [5.41, 5.74) is 1.58. The van der Waals surface area contributed by atoms with Crippen LogP contribution in [0.4, 0.5) is 15.8 Å². The molecule has 2 amide bonds. The van der Waals surface area contributed by atoms with Crippen molar-refractivity contribution in [2.45, 2.75) is 31.7 Å². The molecule has 1 fully saturated rings. The molecular weight excluding hydrogens is 333 g/mol. The van der Waals surface area contributed by atoms with Gasteiger partial charge in [-0.25, -0.2) is 4.39 Å². The Balaban J connectivity index is 1.59. The minimum atomic E-state index is -0.331. The highest BCUT2D eigenvalue weighted by atomic mass is 19.1. The molecule has 0 aliphatic heterocycles. The van der Waals surface area contributed by atoms with Crippen LogP contribution in [0.2, 0.25) is 0 Å². The number of hydrogen-bond donors (Lipinski definition) is 3. The van der Waals surface area contributed by atoms with Crippen LogP contribution in [0.3, 0.4) is 0 Å². The van der Waals surface area contributed by atoms with E-state index in [2.05, 4.69) is 16.0 Å². The number of hydrogen-bond acceptors (Lipinski definition) is 3. The van der Waals surface area contributed by atoms with Gasteiger partial charge in [-0.05, 0) is 49.2 Å². The molecule has 26 heavy (non-hydrogen) atoms. The number of anilines is 2. The van der Waals surface area contributed by atoms with Crippen molar-refractivity contribution in [2.75, 3.05) is 17.2 Å². The molecule has 2 aromatic carbocycles. The summed E-state index contributed by atoms with van der Waals surface area (Å²) in [6.45, 7) is 0.0181. The summed E-state index contributed by atoms with van der Waals surface area (Å²) in [4.78, 5) is 24.7. The number of carbonyl (C=O) groups excluding carboxylic acids is 2. The Morgan fingerprint density at radius 2 is 1.69 bits per heavy atom. The molecule has 0 spiro atoms. The van der Waals surface area contributed by atoms with Crippen molar-refractivity contribution in [3.8, 4) is 0 Å². The first-order chi connectivity index (χ1) is 12.6. The minimum absolute atomic E-state index is 0.0181. The molecule has 0 radical (unpaired) electrons. The van der Waals surface area contributed by atoms with Crippen LogP contribution in [-0.2, 0) is 4.79 Å². The summed E-state index contributed by atoms with van der Waals surface area (Å²) in [6.07, 6.45) is 4.28. The van der Waals surface area contributed by atoms with Gasteiger partial charge in [0.05, 0.1) is 17.8 Å². The van der Waals surface area contributed by atoms with Gasteiger partial charge in [0.1, 0.15) is 5.82 Å². The average Bonchev–Trinajstić information content (AvgIpc) is 3.14. The first-order valence-corrected chi connectivity index (χ1v) is 8.81. The highest BCUT2D eigenvalue weighted by Crippen LogP contribution is 2.20. The molecule has 2 aromatic rings. The van der Waals surface area contributed by atoms with Gasteiger partial charge in [0.2, 0.25) is 5.91 Å². The lowest BCUT2D eigenvalue weighted by molar-refractivity contribution is -0.114. The molecule has 0 bridgehead atoms. The second kappa shape index (κ2) is 8.47. The van der Waals surface area contributed by atoms with Crippen molar-refractivity contribution in [2.24, 2.45) is 0 Å². The molecular formula is C20H22FN3O2. The highest BCUT2D eigenvalue weighted by Gasteiger charge is 2.20. The lowest BCUT2D eigenvalue weighted by Gasteiger charge is -2.15. The maximum atomic E-state index is 12.9. The van der Waals surface area contributed by atoms with Crippen LogP contribution in [0.1, 0.15) is 36.0 Å². The van der Waals surface area contributed by atoms with Crippen LogP contribution < -0.4 is 16.0 Å². The lowest BCUT2D eigenvalue weighted by atomic mass is 10.1. The quantitative estimate of drug-likeness (QED) is 0.742. The standard InChI is InChI=1S/C20H22FN3O2/c21-14-9-11-15(12-10-14)22-13-19(25)24-18-8-4-3-7-17(18)20(26)23-16-5-1-2-6-16/h3-4,7-12,16,22H,1-2,5-6,13H2,(H,23,26)(H,24,25). The molecule has 1 aliphatic carbocycles. The Hall–Kier alpha value is -2.89. The molecule has 0 unspecified atom stereocenters. The van der Waals surface area contributed by atoms with Crippen molar-refractivity contribution in [3.05, 3.63) is 59.9 Å². The lowest BCUT2D eigenvalue weighted by Crippen LogP contribution is -2.33. The number of para-hydroxylation sites is 1. The zero-order chi connectivity index (χ0) is 18.4. The Labute approximate surface area is 152 Å². The molecule has 0 aromatic heterocycles. The third-order valence-corrected chi connectivity index (χ3v) is 4.43. The van der Waals surface area contributed by atoms with Crippen LogP contribution in [-0.4, -0.2) is 24.4 Å². The van der Waals surface area contributed by atoms with Gasteiger partial charge in [-0.3, -0.25) is 9.59 Å². The van der Waals surface area contributed by atoms with Crippen LogP contribution in [0.5, 0.6) is 0 Å². The van der Waals surface area contributed by atoms with Crippen LogP contribution in [0, 0.1) is 5.82 Å². The second-order valence-electron chi connectivity index (χ2n) is 6.41. The average molecular weight is 355 g/mol. The topological polar surface area (TPSA) is 70.2 Å². The van der Waals surface area contributed by atoms with Gasteiger partial charge in [-0.1, -0.05) is 25.0 Å². The van der Waals surface area contributed by atoms with Crippen LogP contribution in [0.25, 0.3) is 0 Å². The maximum absolute atomic E-state index is 12.9. The van der Waals surface area contributed by atoms with Crippen LogP contribution in [0.15, 0.2) is 48.5 Å². The monoisotopic (exact) mass is 355 g/mol. The second-order valence-corrected chi connectivity index (χ2v) is 6.41. The maximum Gasteiger partial charge on any atom is 0.253 e. The Bertz CT molecular complexity index is 771. The molecule has 3 N–H and O–H groups in total. The molecule has 0 heterocycles. The summed E-state index contributed by atoms with van der Waals surface area (Å²) in [5.74, 6) is -0.781. The predicted molar refractivity (Wildman–Crippen MR) is 99.7 cm³/mol. The van der Waals surface area contributed by atoms with E-state index in [0.717, 1.165) is 25.7 Å². The zero-order valence-corrected chi connectivity index (χ0v) is 14.4. The van der Waals surface area contributed by atoms with Crippen molar-refractivity contribution < 1.29 is 14.0 Å². The van der Waals surface area contributed by atoms with Gasteiger partial charge < -0.3 is 16.0 Å². The molecule has 0 atom stereocenters. The van der Waals surface area contributed by atoms with E-state index >= 15 is 0 Å². The van der Waals surface area contributed by atoms with E-state index in [9.17, 15) is 14.0 Å². The van der Waals surface area contributed by atoms with Crippen molar-refractivity contribution >= 4 is 23.2 Å². The molecule has 1 aliphatic rings. The summed E-state index contributed by atoms with van der Waals surface area (Å²) < 4.78 is 12.9. The summed E-state index contributed by atoms with van der Waals surface area (Å²) in [7, 11) is 0. The summed E-state index contributed by atoms with van der Waals surface area (Å²) in [5, 5.41) is 8.71. The molecule has 3 rings (SSSR count). The number of amides is 2. The van der Waals surface area contributed by atoms with E-state index in [0.29, 0.717) is 16.9 Å². The zero-order valence-electron chi connectivity index (χ0n) is 14.4. The predicted octanol–water partition coefficient (Wildman–Crippen LogP) is 3.55. The Kier molecular flexibility index (Phi) is 5.84. The van der Waals surface area contributed by atoms with Gasteiger partial charge >= 0.3 is 0 Å². The van der Waals surface area contributed by atoms with Gasteiger partial charge in [0, 0.05) is 11.7 Å². The third kappa shape index (κ3) is 4.81. The van der Waals surface area contributed by atoms with Gasteiger partial charge in [0.15, 0.2) is 0 Å². The van der Waals surface area contributed by atoms with Crippen LogP contribution >= 0.6 is 0 Å². The van der Waals surface area contributed by atoms with E-state index in [4.69, 9.17) is 0 Å². The molecule has 5 nitrogen and oxygen atoms in total. The highest BCUT2D eigenvalue weighted by molar-refractivity contribution is 6.04. The summed E-state index contributed by atoms with van der Waals surface area (Å²) in [6, 6.07) is 12.9. The molecule has 0 saturated heterocycles. The first kappa shape index (κ1) is 17.9. The Morgan fingerprint density at radius 1 is 1.00 bits per heavy atom. The smallest absolute Gasteiger partial charge is 0.253 e. The van der Waals surface area contributed by atoms with E-state index in [1.54, 1.807) is 36.4 Å². The third-order valence-electron chi connectivity index (χ3n) is 4.43. The molecule has 136 valence electrons. The van der Waals surface area contributed by atoms with Crippen molar-refractivity contribution in [1.29, 1.82) is 0 Å². The summed E-state index contributed by atoms with van der Waals surface area (Å²) >= 11 is 0. The number of carbonyl (C=O) groups is 2. The normalized spacial score (nSPS) is 14.0. The van der Waals surface area contributed by atoms with Crippen molar-refractivity contribution in [3.63, 3.8) is 0 Å². The fraction of sp³-hybridized carbons (Fsp3) is 0.300. The van der Waals surface area contributed by atoms with Gasteiger partial charge in [-0.15, -0.1) is 0 Å². The fourth-order valence-electron chi connectivity index (χ4n) is 3.07. The number of rotatable bonds is 6. The minimum Gasteiger partial charge on any atom is -0.376 e. The molecule has 6 heteroatoms. The van der Waals surface area contributed by atoms with E-state index in [1.165, 1.54) is 12.1 Å². The molecule has 1 saturated carbocycles. The SMILES string of the molecule is O=C(CNc1ccc(F)cc1)Nc1ccccc1C(=O)NC1CCCC1. The first-order valence-electron chi connectivity index (χ1n) is 8.81. The number of halogens is 1. The largest absolute Gasteiger partial charge is 0.376 e. The van der Waals surface area contributed by atoms with E-state index < -0.39 is 0 Å². The van der Waals surface area contributed by atoms with E-state index in [-0.39, 0.29) is 30.2 Å². The number of benzene rings is 2. The fourth-order valence-corrected chi connectivity index (χ4v) is 3.07.